The van der Waals surface area contributed by atoms with Gasteiger partial charge in [-0.25, -0.2) is 0 Å². The third kappa shape index (κ3) is 3.27. The molecule has 1 amide bonds. The molecule has 1 aromatic carbocycles. The predicted octanol–water partition coefficient (Wildman–Crippen LogP) is 3.60. The van der Waals surface area contributed by atoms with E-state index in [4.69, 9.17) is 5.73 Å². The Balaban J connectivity index is 1.61. The molecule has 0 saturated heterocycles. The first-order valence-electron chi connectivity index (χ1n) is 7.67. The predicted molar refractivity (Wildman–Crippen MR) is 88.3 cm³/mol. The first-order valence-corrected chi connectivity index (χ1v) is 8.49. The summed E-state index contributed by atoms with van der Waals surface area (Å²) in [6, 6.07) is 11.7. The molecule has 1 aromatic heterocycles. The van der Waals surface area contributed by atoms with E-state index in [-0.39, 0.29) is 11.8 Å². The molecule has 1 atom stereocenters. The third-order valence-corrected chi connectivity index (χ3v) is 5.79. The van der Waals surface area contributed by atoms with Gasteiger partial charge in [0.05, 0.1) is 0 Å². The summed E-state index contributed by atoms with van der Waals surface area (Å²) in [4.78, 5) is 12.6. The highest BCUT2D eigenvalue weighted by Crippen LogP contribution is 2.31. The van der Waals surface area contributed by atoms with E-state index in [1.165, 1.54) is 15.0 Å². The van der Waals surface area contributed by atoms with Crippen LogP contribution in [0.1, 0.15) is 43.5 Å². The molecule has 1 unspecified atom stereocenters. The molecule has 0 bridgehead atoms. The first-order chi connectivity index (χ1) is 10.1. The number of hydrogen-bond acceptors (Lipinski definition) is 3. The van der Waals surface area contributed by atoms with E-state index in [0.29, 0.717) is 12.1 Å². The van der Waals surface area contributed by atoms with Gasteiger partial charge < -0.3 is 11.1 Å². The average molecular weight is 302 g/mol. The zero-order chi connectivity index (χ0) is 14.8. The number of nitrogens with one attached hydrogen (secondary N) is 1. The lowest BCUT2D eigenvalue weighted by molar-refractivity contribution is -0.122. The van der Waals surface area contributed by atoms with Crippen LogP contribution in [0.25, 0.3) is 10.1 Å². The van der Waals surface area contributed by atoms with Crippen molar-refractivity contribution in [2.45, 2.75) is 44.7 Å². The Morgan fingerprint density at radius 2 is 2.00 bits per heavy atom. The highest BCUT2D eigenvalue weighted by Gasteiger charge is 2.25. The van der Waals surface area contributed by atoms with Crippen LogP contribution in [0.5, 0.6) is 0 Å². The van der Waals surface area contributed by atoms with Gasteiger partial charge in [-0.15, -0.1) is 11.3 Å². The van der Waals surface area contributed by atoms with E-state index in [1.54, 1.807) is 0 Å². The van der Waals surface area contributed by atoms with Gasteiger partial charge in [0, 0.05) is 27.6 Å². The average Bonchev–Trinajstić information content (AvgIpc) is 2.92. The van der Waals surface area contributed by atoms with Crippen LogP contribution in [-0.4, -0.2) is 11.9 Å². The van der Waals surface area contributed by atoms with Crippen molar-refractivity contribution >= 4 is 27.3 Å². The van der Waals surface area contributed by atoms with E-state index in [2.05, 4.69) is 42.6 Å². The number of primary amides is 1. The van der Waals surface area contributed by atoms with Gasteiger partial charge >= 0.3 is 0 Å². The standard InChI is InChI=1S/C17H22N2OS/c1-11(16-10-13-4-2-3-5-15(13)21-16)19-14-8-6-12(7-9-14)17(18)20/h2-5,10-12,14,19H,6-9H2,1H3,(H2,18,20). The Morgan fingerprint density at radius 1 is 1.29 bits per heavy atom. The van der Waals surface area contributed by atoms with Crippen LogP contribution in [-0.2, 0) is 4.79 Å². The Kier molecular flexibility index (Phi) is 4.27. The van der Waals surface area contributed by atoms with Gasteiger partial charge in [0.25, 0.3) is 0 Å². The Bertz CT molecular complexity index is 596. The zero-order valence-electron chi connectivity index (χ0n) is 12.3. The number of hydrogen-bond donors (Lipinski definition) is 2. The monoisotopic (exact) mass is 302 g/mol. The summed E-state index contributed by atoms with van der Waals surface area (Å²) in [5.74, 6) is -0.0475. The minimum Gasteiger partial charge on any atom is -0.369 e. The molecule has 0 radical (unpaired) electrons. The SMILES string of the molecule is CC(NC1CCC(C(N)=O)CC1)c1cc2ccccc2s1. The molecular formula is C17H22N2OS. The van der Waals surface area contributed by atoms with Crippen molar-refractivity contribution in [3.63, 3.8) is 0 Å². The second-order valence-electron chi connectivity index (χ2n) is 6.03. The summed E-state index contributed by atoms with van der Waals surface area (Å²) in [5.41, 5.74) is 5.39. The number of rotatable bonds is 4. The zero-order valence-corrected chi connectivity index (χ0v) is 13.2. The van der Waals surface area contributed by atoms with Crippen LogP contribution < -0.4 is 11.1 Å². The van der Waals surface area contributed by atoms with Gasteiger partial charge in [0.2, 0.25) is 5.91 Å². The largest absolute Gasteiger partial charge is 0.369 e. The summed E-state index contributed by atoms with van der Waals surface area (Å²) in [6.45, 7) is 2.23. The van der Waals surface area contributed by atoms with Crippen molar-refractivity contribution in [3.05, 3.63) is 35.2 Å². The summed E-state index contributed by atoms with van der Waals surface area (Å²) in [7, 11) is 0. The van der Waals surface area contributed by atoms with E-state index < -0.39 is 0 Å². The molecule has 1 aliphatic rings. The topological polar surface area (TPSA) is 55.1 Å². The molecule has 2 aromatic rings. The quantitative estimate of drug-likeness (QED) is 0.906. The maximum atomic E-state index is 11.2. The molecule has 1 saturated carbocycles. The molecule has 3 rings (SSSR count). The van der Waals surface area contributed by atoms with E-state index in [1.807, 2.05) is 11.3 Å². The van der Waals surface area contributed by atoms with Crippen LogP contribution in [0.2, 0.25) is 0 Å². The normalized spacial score (nSPS) is 24.0. The Morgan fingerprint density at radius 3 is 2.67 bits per heavy atom. The lowest BCUT2D eigenvalue weighted by Crippen LogP contribution is -2.37. The molecule has 3 N–H and O–H groups in total. The third-order valence-electron chi connectivity index (χ3n) is 4.49. The maximum absolute atomic E-state index is 11.2. The fourth-order valence-corrected chi connectivity index (χ4v) is 4.27. The highest BCUT2D eigenvalue weighted by atomic mass is 32.1. The Hall–Kier alpha value is -1.39. The lowest BCUT2D eigenvalue weighted by Gasteiger charge is -2.29. The van der Waals surface area contributed by atoms with Gasteiger partial charge in [-0.05, 0) is 50.1 Å². The number of carbonyl (C=O) groups excluding carboxylic acids is 1. The van der Waals surface area contributed by atoms with Crippen molar-refractivity contribution in [2.75, 3.05) is 0 Å². The van der Waals surface area contributed by atoms with E-state index >= 15 is 0 Å². The molecule has 1 heterocycles. The summed E-state index contributed by atoms with van der Waals surface area (Å²) in [5, 5.41) is 5.04. The molecule has 112 valence electrons. The fourth-order valence-electron chi connectivity index (χ4n) is 3.20. The van der Waals surface area contributed by atoms with Crippen LogP contribution in [0.4, 0.5) is 0 Å². The second-order valence-corrected chi connectivity index (χ2v) is 7.14. The van der Waals surface area contributed by atoms with Crippen molar-refractivity contribution < 1.29 is 4.79 Å². The maximum Gasteiger partial charge on any atom is 0.220 e. The molecule has 0 aliphatic heterocycles. The molecule has 0 spiro atoms. The fraction of sp³-hybridized carbons (Fsp3) is 0.471. The Labute approximate surface area is 129 Å². The molecule has 4 heteroatoms. The lowest BCUT2D eigenvalue weighted by atomic mass is 9.85. The highest BCUT2D eigenvalue weighted by molar-refractivity contribution is 7.19. The molecule has 3 nitrogen and oxygen atoms in total. The number of nitrogens with two attached hydrogens (primary N) is 1. The second kappa shape index (κ2) is 6.16. The van der Waals surface area contributed by atoms with E-state index in [9.17, 15) is 4.79 Å². The van der Waals surface area contributed by atoms with Crippen molar-refractivity contribution in [1.82, 2.24) is 5.32 Å². The van der Waals surface area contributed by atoms with Gasteiger partial charge in [-0.1, -0.05) is 18.2 Å². The summed E-state index contributed by atoms with van der Waals surface area (Å²) >= 11 is 1.86. The van der Waals surface area contributed by atoms with Gasteiger partial charge in [0.15, 0.2) is 0 Å². The van der Waals surface area contributed by atoms with Gasteiger partial charge in [-0.2, -0.15) is 0 Å². The molecule has 1 fully saturated rings. The summed E-state index contributed by atoms with van der Waals surface area (Å²) < 4.78 is 1.35. The van der Waals surface area contributed by atoms with Gasteiger partial charge in [0.1, 0.15) is 0 Å². The number of carbonyl (C=O) groups is 1. The van der Waals surface area contributed by atoms with E-state index in [0.717, 1.165) is 25.7 Å². The molecule has 21 heavy (non-hydrogen) atoms. The number of thiophene rings is 1. The number of benzene rings is 1. The van der Waals surface area contributed by atoms with Crippen LogP contribution >= 0.6 is 11.3 Å². The van der Waals surface area contributed by atoms with Crippen LogP contribution in [0, 0.1) is 5.92 Å². The molecular weight excluding hydrogens is 280 g/mol. The van der Waals surface area contributed by atoms with Crippen molar-refractivity contribution in [2.24, 2.45) is 11.7 Å². The van der Waals surface area contributed by atoms with Crippen molar-refractivity contribution in [1.29, 1.82) is 0 Å². The van der Waals surface area contributed by atoms with Gasteiger partial charge in [-0.3, -0.25) is 4.79 Å². The van der Waals surface area contributed by atoms with Crippen LogP contribution in [0.3, 0.4) is 0 Å². The van der Waals surface area contributed by atoms with Crippen LogP contribution in [0.15, 0.2) is 30.3 Å². The summed E-state index contributed by atoms with van der Waals surface area (Å²) in [6.07, 6.45) is 3.93. The first kappa shape index (κ1) is 14.5. The molecule has 1 aliphatic carbocycles. The minimum atomic E-state index is -0.133. The number of fused-ring (bicyclic) bond motifs is 1. The minimum absolute atomic E-state index is 0.0858. The smallest absolute Gasteiger partial charge is 0.220 e. The number of amides is 1. The van der Waals surface area contributed by atoms with Crippen molar-refractivity contribution in [3.8, 4) is 0 Å².